The molecule has 1 N–H and O–H groups in total. The van der Waals surface area contributed by atoms with E-state index in [-0.39, 0.29) is 17.3 Å². The Kier molecular flexibility index (Phi) is 6.05. The highest BCUT2D eigenvalue weighted by Crippen LogP contribution is 2.24. The molecule has 0 atom stereocenters. The Morgan fingerprint density at radius 1 is 1.19 bits per heavy atom. The van der Waals surface area contributed by atoms with E-state index in [4.69, 9.17) is 11.6 Å². The quantitative estimate of drug-likeness (QED) is 0.194. The highest BCUT2D eigenvalue weighted by molar-refractivity contribution is 8.00. The number of hydrogen-bond acceptors (Lipinski definition) is 8. The van der Waals surface area contributed by atoms with E-state index >= 15 is 0 Å². The molecular formula is C19H14ClN7O3S. The second kappa shape index (κ2) is 9.06. The molecule has 0 saturated heterocycles. The van der Waals surface area contributed by atoms with Crippen LogP contribution in [0.5, 0.6) is 0 Å². The second-order valence-electron chi connectivity index (χ2n) is 6.37. The number of aromatic nitrogens is 5. The molecule has 4 rings (SSSR count). The van der Waals surface area contributed by atoms with Crippen LogP contribution in [0.25, 0.3) is 11.2 Å². The zero-order valence-electron chi connectivity index (χ0n) is 15.8. The molecule has 31 heavy (non-hydrogen) atoms. The predicted molar refractivity (Wildman–Crippen MR) is 116 cm³/mol. The number of carbonyl (C=O) groups is 1. The van der Waals surface area contributed by atoms with Crippen LogP contribution in [0, 0.1) is 10.1 Å². The Labute approximate surface area is 184 Å². The molecule has 0 radical (unpaired) electrons. The van der Waals surface area contributed by atoms with Crippen molar-refractivity contribution in [3.63, 3.8) is 0 Å². The first-order valence-corrected chi connectivity index (χ1v) is 10.3. The van der Waals surface area contributed by atoms with Gasteiger partial charge in [0.15, 0.2) is 11.2 Å². The second-order valence-corrected chi connectivity index (χ2v) is 7.77. The summed E-state index contributed by atoms with van der Waals surface area (Å²) in [5, 5.41) is 23.0. The summed E-state index contributed by atoms with van der Waals surface area (Å²) < 4.78 is 1.65. The van der Waals surface area contributed by atoms with Crippen molar-refractivity contribution in [2.24, 2.45) is 0 Å². The fourth-order valence-corrected chi connectivity index (χ4v) is 3.63. The lowest BCUT2D eigenvalue weighted by Crippen LogP contribution is -2.14. The van der Waals surface area contributed by atoms with Crippen LogP contribution >= 0.6 is 23.4 Å². The van der Waals surface area contributed by atoms with Gasteiger partial charge in [-0.1, -0.05) is 46.8 Å². The third-order valence-electron chi connectivity index (χ3n) is 4.19. The van der Waals surface area contributed by atoms with E-state index in [0.717, 1.165) is 5.56 Å². The molecule has 0 saturated carbocycles. The molecule has 0 bridgehead atoms. The Balaban J connectivity index is 1.44. The summed E-state index contributed by atoms with van der Waals surface area (Å²) in [6.07, 6.45) is 1.39. The van der Waals surface area contributed by atoms with Crippen LogP contribution in [-0.2, 0) is 11.3 Å². The van der Waals surface area contributed by atoms with E-state index in [1.165, 1.54) is 36.3 Å². The molecule has 12 heteroatoms. The number of fused-ring (bicyclic) bond motifs is 1. The van der Waals surface area contributed by atoms with Gasteiger partial charge in [-0.05, 0) is 23.8 Å². The Bertz CT molecular complexity index is 1260. The van der Waals surface area contributed by atoms with Gasteiger partial charge in [-0.3, -0.25) is 14.9 Å². The number of rotatable bonds is 7. The summed E-state index contributed by atoms with van der Waals surface area (Å²) in [6, 6.07) is 13.1. The van der Waals surface area contributed by atoms with Crippen LogP contribution in [0.1, 0.15) is 5.56 Å². The van der Waals surface area contributed by atoms with Gasteiger partial charge >= 0.3 is 0 Å². The largest absolute Gasteiger partial charge is 0.325 e. The van der Waals surface area contributed by atoms with Crippen molar-refractivity contribution < 1.29 is 9.72 Å². The van der Waals surface area contributed by atoms with Crippen molar-refractivity contribution >= 4 is 51.8 Å². The molecule has 2 heterocycles. The molecule has 0 fully saturated rings. The maximum absolute atomic E-state index is 12.3. The maximum Gasteiger partial charge on any atom is 0.271 e. The van der Waals surface area contributed by atoms with Crippen molar-refractivity contribution in [1.82, 2.24) is 25.0 Å². The van der Waals surface area contributed by atoms with Crippen LogP contribution in [-0.4, -0.2) is 41.5 Å². The number of nitrogens with zero attached hydrogens (tertiary/aromatic N) is 6. The van der Waals surface area contributed by atoms with Crippen molar-refractivity contribution in [3.05, 3.63) is 75.6 Å². The number of nitrogens with one attached hydrogen (secondary N) is 1. The van der Waals surface area contributed by atoms with Gasteiger partial charge in [0.2, 0.25) is 5.91 Å². The van der Waals surface area contributed by atoms with E-state index < -0.39 is 4.92 Å². The van der Waals surface area contributed by atoms with Crippen molar-refractivity contribution in [1.29, 1.82) is 0 Å². The summed E-state index contributed by atoms with van der Waals surface area (Å²) in [5.41, 5.74) is 2.28. The summed E-state index contributed by atoms with van der Waals surface area (Å²) >= 11 is 7.10. The topological polar surface area (TPSA) is 129 Å². The van der Waals surface area contributed by atoms with Crippen LogP contribution < -0.4 is 5.32 Å². The zero-order valence-corrected chi connectivity index (χ0v) is 17.4. The average molecular weight is 456 g/mol. The molecule has 0 unspecified atom stereocenters. The third-order valence-corrected chi connectivity index (χ3v) is 5.42. The average Bonchev–Trinajstić information content (AvgIpc) is 3.17. The molecule has 0 aliphatic rings. The molecule has 2 aromatic carbocycles. The molecular weight excluding hydrogens is 442 g/mol. The van der Waals surface area contributed by atoms with Gasteiger partial charge in [-0.2, -0.15) is 0 Å². The van der Waals surface area contributed by atoms with Gasteiger partial charge in [0.25, 0.3) is 5.69 Å². The lowest BCUT2D eigenvalue weighted by Gasteiger charge is -2.05. The minimum Gasteiger partial charge on any atom is -0.325 e. The molecule has 156 valence electrons. The maximum atomic E-state index is 12.3. The summed E-state index contributed by atoms with van der Waals surface area (Å²) in [5.74, 6) is -0.287. The summed E-state index contributed by atoms with van der Waals surface area (Å²) in [4.78, 5) is 31.1. The number of carbonyl (C=O) groups excluding carboxylic acids is 1. The zero-order chi connectivity index (χ0) is 21.8. The smallest absolute Gasteiger partial charge is 0.271 e. The van der Waals surface area contributed by atoms with Gasteiger partial charge in [0, 0.05) is 22.8 Å². The van der Waals surface area contributed by atoms with E-state index in [9.17, 15) is 14.9 Å². The lowest BCUT2D eigenvalue weighted by atomic mass is 10.2. The van der Waals surface area contributed by atoms with Gasteiger partial charge in [0.1, 0.15) is 11.4 Å². The molecule has 4 aromatic rings. The minimum atomic E-state index is -0.518. The molecule has 0 aliphatic heterocycles. The van der Waals surface area contributed by atoms with E-state index in [0.29, 0.717) is 33.4 Å². The first kappa shape index (κ1) is 20.7. The summed E-state index contributed by atoms with van der Waals surface area (Å²) in [7, 11) is 0. The number of anilines is 1. The number of nitro groups is 1. The highest BCUT2D eigenvalue weighted by Gasteiger charge is 2.15. The number of non-ortho nitro benzene ring substituents is 1. The minimum absolute atomic E-state index is 0.0405. The van der Waals surface area contributed by atoms with Crippen LogP contribution in [0.3, 0.4) is 0 Å². The molecule has 2 aromatic heterocycles. The number of hydrogen-bond donors (Lipinski definition) is 1. The number of halogens is 1. The summed E-state index contributed by atoms with van der Waals surface area (Å²) in [6.45, 7) is 0.460. The van der Waals surface area contributed by atoms with Crippen molar-refractivity contribution in [2.75, 3.05) is 11.1 Å². The van der Waals surface area contributed by atoms with E-state index in [1.54, 1.807) is 22.9 Å². The lowest BCUT2D eigenvalue weighted by molar-refractivity contribution is -0.384. The standard InChI is InChI=1S/C19H14ClN7O3S/c20-13-6-4-12(5-7-13)9-26-18-17(24-25-26)19(22-11-21-18)31-10-16(28)23-14-2-1-3-15(8-14)27(29)30/h1-8,11H,9-10H2,(H,23,28). The number of benzene rings is 2. The van der Waals surface area contributed by atoms with Crippen LogP contribution in [0.4, 0.5) is 11.4 Å². The Morgan fingerprint density at radius 3 is 2.77 bits per heavy atom. The Morgan fingerprint density at radius 2 is 2.00 bits per heavy atom. The number of thioether (sulfide) groups is 1. The van der Waals surface area contributed by atoms with Crippen molar-refractivity contribution in [2.45, 2.75) is 11.6 Å². The fraction of sp³-hybridized carbons (Fsp3) is 0.105. The number of amides is 1. The highest BCUT2D eigenvalue weighted by atomic mass is 35.5. The van der Waals surface area contributed by atoms with Gasteiger partial charge in [-0.15, -0.1) is 5.10 Å². The fourth-order valence-electron chi connectivity index (χ4n) is 2.77. The SMILES string of the molecule is O=C(CSc1ncnc2c1nnn2Cc1ccc(Cl)cc1)Nc1cccc([N+](=O)[O-])c1. The van der Waals surface area contributed by atoms with Gasteiger partial charge < -0.3 is 5.32 Å². The molecule has 10 nitrogen and oxygen atoms in total. The van der Waals surface area contributed by atoms with Gasteiger partial charge in [0.05, 0.1) is 17.2 Å². The molecule has 0 aliphatic carbocycles. The Hall–Kier alpha value is -3.57. The predicted octanol–water partition coefficient (Wildman–Crippen LogP) is 3.56. The molecule has 1 amide bonds. The first-order valence-electron chi connectivity index (χ1n) is 8.95. The normalized spacial score (nSPS) is 10.9. The first-order chi connectivity index (χ1) is 15.0. The van der Waals surface area contributed by atoms with Crippen molar-refractivity contribution in [3.8, 4) is 0 Å². The molecule has 0 spiro atoms. The van der Waals surface area contributed by atoms with Crippen LogP contribution in [0.2, 0.25) is 5.02 Å². The van der Waals surface area contributed by atoms with E-state index in [1.807, 2.05) is 12.1 Å². The van der Waals surface area contributed by atoms with E-state index in [2.05, 4.69) is 25.6 Å². The monoisotopic (exact) mass is 455 g/mol. The number of nitro benzene ring substituents is 1. The van der Waals surface area contributed by atoms with Gasteiger partial charge in [-0.25, -0.2) is 14.6 Å². The third kappa shape index (κ3) is 4.95. The van der Waals surface area contributed by atoms with Crippen LogP contribution in [0.15, 0.2) is 59.9 Å².